The van der Waals surface area contributed by atoms with Crippen LogP contribution in [0.1, 0.15) is 68.6 Å². The molecule has 1 saturated heterocycles. The summed E-state index contributed by atoms with van der Waals surface area (Å²) < 4.78 is 0. The van der Waals surface area contributed by atoms with Crippen molar-refractivity contribution in [2.24, 2.45) is 0 Å². The van der Waals surface area contributed by atoms with Crippen molar-refractivity contribution in [3.63, 3.8) is 0 Å². The molecule has 0 bridgehead atoms. The molecule has 0 saturated carbocycles. The lowest BCUT2D eigenvalue weighted by atomic mass is 9.79. The predicted molar refractivity (Wildman–Crippen MR) is 96.9 cm³/mol. The van der Waals surface area contributed by atoms with Crippen LogP contribution in [0.15, 0.2) is 30.4 Å². The largest absolute Gasteiger partial charge is 0.310 e. The van der Waals surface area contributed by atoms with Crippen LogP contribution in [0.3, 0.4) is 0 Å². The molecule has 1 unspecified atom stereocenters. The van der Waals surface area contributed by atoms with Crippen molar-refractivity contribution in [2.75, 3.05) is 6.54 Å². The third-order valence-electron chi connectivity index (χ3n) is 5.26. The smallest absolute Gasteiger partial charge is 0.0285 e. The van der Waals surface area contributed by atoms with Crippen molar-refractivity contribution in [3.05, 3.63) is 47.0 Å². The highest BCUT2D eigenvalue weighted by atomic mass is 14.9. The topological polar surface area (TPSA) is 12.0 Å². The molecule has 1 fully saturated rings. The summed E-state index contributed by atoms with van der Waals surface area (Å²) in [7, 11) is 0. The van der Waals surface area contributed by atoms with E-state index in [1.165, 1.54) is 67.3 Å². The van der Waals surface area contributed by atoms with E-state index in [9.17, 15) is 0 Å². The van der Waals surface area contributed by atoms with Crippen molar-refractivity contribution < 1.29 is 0 Å². The molecule has 0 spiro atoms. The van der Waals surface area contributed by atoms with Crippen LogP contribution in [-0.2, 0) is 0 Å². The first kappa shape index (κ1) is 15.6. The quantitative estimate of drug-likeness (QED) is 0.773. The Kier molecular flexibility index (Phi) is 4.83. The molecule has 1 heterocycles. The van der Waals surface area contributed by atoms with Gasteiger partial charge in [0.05, 0.1) is 0 Å². The van der Waals surface area contributed by atoms with Crippen molar-refractivity contribution in [3.8, 4) is 0 Å². The third kappa shape index (κ3) is 3.05. The minimum Gasteiger partial charge on any atom is -0.310 e. The van der Waals surface area contributed by atoms with Gasteiger partial charge in [0, 0.05) is 6.04 Å². The Morgan fingerprint density at radius 1 is 1.27 bits per heavy atom. The highest BCUT2D eigenvalue weighted by Crippen LogP contribution is 2.38. The van der Waals surface area contributed by atoms with E-state index in [0.29, 0.717) is 6.04 Å². The molecule has 0 amide bonds. The van der Waals surface area contributed by atoms with Crippen molar-refractivity contribution in [1.29, 1.82) is 0 Å². The molecule has 3 rings (SSSR count). The Labute approximate surface area is 135 Å². The minimum absolute atomic E-state index is 0.638. The van der Waals surface area contributed by atoms with Crippen LogP contribution < -0.4 is 5.32 Å². The second kappa shape index (κ2) is 6.83. The number of piperidine rings is 1. The van der Waals surface area contributed by atoms with Crippen molar-refractivity contribution >= 4 is 11.1 Å². The second-order valence-electron chi connectivity index (χ2n) is 6.89. The molecule has 22 heavy (non-hydrogen) atoms. The number of hydrogen-bond donors (Lipinski definition) is 1. The van der Waals surface area contributed by atoms with Gasteiger partial charge >= 0.3 is 0 Å². The van der Waals surface area contributed by atoms with Crippen LogP contribution in [-0.4, -0.2) is 12.6 Å². The fourth-order valence-corrected chi connectivity index (χ4v) is 4.05. The monoisotopic (exact) mass is 295 g/mol. The zero-order chi connectivity index (χ0) is 15.5. The number of benzene rings is 1. The summed E-state index contributed by atoms with van der Waals surface area (Å²) in [6.07, 6.45) is 8.72. The van der Waals surface area contributed by atoms with Crippen LogP contribution >= 0.6 is 0 Å². The van der Waals surface area contributed by atoms with E-state index < -0.39 is 0 Å². The molecule has 2 aliphatic rings. The Balaban J connectivity index is 2.01. The Morgan fingerprint density at radius 3 is 2.95 bits per heavy atom. The summed E-state index contributed by atoms with van der Waals surface area (Å²) in [6.45, 7) is 9.96. The fourth-order valence-electron chi connectivity index (χ4n) is 4.05. The van der Waals surface area contributed by atoms with E-state index >= 15 is 0 Å². The lowest BCUT2D eigenvalue weighted by Crippen LogP contribution is -2.38. The Bertz CT molecular complexity index is 594. The lowest BCUT2D eigenvalue weighted by Gasteiger charge is -2.34. The lowest BCUT2D eigenvalue weighted by molar-refractivity contribution is 0.445. The summed E-state index contributed by atoms with van der Waals surface area (Å²) in [6, 6.07) is 7.59. The van der Waals surface area contributed by atoms with Crippen LogP contribution in [0, 0.1) is 6.92 Å². The maximum atomic E-state index is 4.28. The molecule has 0 aromatic heterocycles. The Morgan fingerprint density at radius 2 is 2.14 bits per heavy atom. The van der Waals surface area contributed by atoms with Crippen molar-refractivity contribution in [1.82, 2.24) is 5.32 Å². The first-order valence-electron chi connectivity index (χ1n) is 8.95. The highest BCUT2D eigenvalue weighted by Gasteiger charge is 2.26. The average molecular weight is 295 g/mol. The number of fused-ring (bicyclic) bond motifs is 1. The zero-order valence-electron chi connectivity index (χ0n) is 14.2. The number of rotatable bonds is 4. The molecule has 0 radical (unpaired) electrons. The summed E-state index contributed by atoms with van der Waals surface area (Å²) >= 11 is 0. The van der Waals surface area contributed by atoms with Crippen LogP contribution in [0.25, 0.3) is 11.1 Å². The van der Waals surface area contributed by atoms with Gasteiger partial charge in [-0.15, -0.1) is 0 Å². The number of allylic oxidation sites excluding steroid dienone is 2. The van der Waals surface area contributed by atoms with Crippen LogP contribution in [0.2, 0.25) is 0 Å². The molecule has 1 aliphatic heterocycles. The van der Waals surface area contributed by atoms with Gasteiger partial charge in [0.25, 0.3) is 0 Å². The molecule has 1 heteroatoms. The van der Waals surface area contributed by atoms with Crippen LogP contribution in [0.5, 0.6) is 0 Å². The zero-order valence-corrected chi connectivity index (χ0v) is 14.2. The molecule has 1 atom stereocenters. The predicted octanol–water partition coefficient (Wildman–Crippen LogP) is 5.50. The van der Waals surface area contributed by atoms with Gasteiger partial charge in [0.2, 0.25) is 0 Å². The molecule has 1 N–H and O–H groups in total. The summed E-state index contributed by atoms with van der Waals surface area (Å²) in [4.78, 5) is 0. The molecule has 118 valence electrons. The first-order chi connectivity index (χ1) is 10.7. The van der Waals surface area contributed by atoms with Gasteiger partial charge in [-0.2, -0.15) is 0 Å². The van der Waals surface area contributed by atoms with E-state index in [2.05, 4.69) is 43.9 Å². The van der Waals surface area contributed by atoms with Crippen LogP contribution in [0.4, 0.5) is 0 Å². The first-order valence-corrected chi connectivity index (χ1v) is 8.95. The Hall–Kier alpha value is -1.34. The van der Waals surface area contributed by atoms with Gasteiger partial charge in [0.15, 0.2) is 0 Å². The molecular weight excluding hydrogens is 266 g/mol. The van der Waals surface area contributed by atoms with Gasteiger partial charge < -0.3 is 5.32 Å². The van der Waals surface area contributed by atoms with Gasteiger partial charge in [0.1, 0.15) is 0 Å². The van der Waals surface area contributed by atoms with Gasteiger partial charge in [-0.3, -0.25) is 0 Å². The minimum atomic E-state index is 0.638. The molecule has 1 nitrogen and oxygen atoms in total. The maximum absolute atomic E-state index is 4.28. The molecular formula is C21H29N. The average Bonchev–Trinajstić information content (AvgIpc) is 2.55. The molecule has 1 aromatic carbocycles. The SMILES string of the molecule is C=C(CCC)c1ccc(C)c(C2=C3CCCNC3CCC2)c1. The van der Waals surface area contributed by atoms with E-state index in [1.54, 1.807) is 11.1 Å². The van der Waals surface area contributed by atoms with Crippen molar-refractivity contribution in [2.45, 2.75) is 64.8 Å². The second-order valence-corrected chi connectivity index (χ2v) is 6.89. The van der Waals surface area contributed by atoms with Gasteiger partial charge in [-0.1, -0.05) is 32.1 Å². The standard InChI is InChI=1S/C21H29N/c1-4-7-15(2)17-12-11-16(3)20(14-17)18-8-5-10-21-19(18)9-6-13-22-21/h11-12,14,21-22H,2,4-10,13H2,1,3H3. The third-order valence-corrected chi connectivity index (χ3v) is 5.26. The number of aryl methyl sites for hydroxylation is 1. The molecule has 1 aliphatic carbocycles. The maximum Gasteiger partial charge on any atom is 0.0285 e. The fraction of sp³-hybridized carbons (Fsp3) is 0.524. The van der Waals surface area contributed by atoms with E-state index in [4.69, 9.17) is 0 Å². The highest BCUT2D eigenvalue weighted by molar-refractivity contribution is 5.76. The normalized spacial score (nSPS) is 21.6. The van der Waals surface area contributed by atoms with E-state index in [-0.39, 0.29) is 0 Å². The summed E-state index contributed by atoms with van der Waals surface area (Å²) in [5.74, 6) is 0. The number of hydrogen-bond acceptors (Lipinski definition) is 1. The van der Waals surface area contributed by atoms with Gasteiger partial charge in [-0.05, 0) is 91.5 Å². The van der Waals surface area contributed by atoms with Gasteiger partial charge in [-0.25, -0.2) is 0 Å². The van der Waals surface area contributed by atoms with E-state index in [0.717, 1.165) is 6.42 Å². The summed E-state index contributed by atoms with van der Waals surface area (Å²) in [5, 5.41) is 3.72. The molecule has 1 aromatic rings. The van der Waals surface area contributed by atoms with E-state index in [1.807, 2.05) is 0 Å². The number of nitrogens with one attached hydrogen (secondary N) is 1. The summed E-state index contributed by atoms with van der Waals surface area (Å²) in [5.41, 5.74) is 8.84.